The van der Waals surface area contributed by atoms with E-state index in [-0.39, 0.29) is 0 Å². The van der Waals surface area contributed by atoms with Crippen LogP contribution in [-0.4, -0.2) is 4.98 Å². The fourth-order valence-corrected chi connectivity index (χ4v) is 2.75. The molecule has 106 valence electrons. The van der Waals surface area contributed by atoms with Crippen molar-refractivity contribution in [2.75, 3.05) is 5.32 Å². The zero-order chi connectivity index (χ0) is 14.8. The second-order valence-electron chi connectivity index (χ2n) is 4.58. The molecule has 5 heteroatoms. The molecule has 0 atom stereocenters. The molecule has 0 saturated carbocycles. The summed E-state index contributed by atoms with van der Waals surface area (Å²) in [5, 5.41) is 6.32. The maximum Gasteiger partial charge on any atom is 0.0908 e. The van der Waals surface area contributed by atoms with Crippen LogP contribution in [0.1, 0.15) is 5.56 Å². The molecule has 3 rings (SSSR count). The number of benzene rings is 2. The molecule has 0 aliphatic rings. The quantitative estimate of drug-likeness (QED) is 0.652. The highest BCUT2D eigenvalue weighted by molar-refractivity contribution is 6.35. The Morgan fingerprint density at radius 1 is 0.952 bits per heavy atom. The Kier molecular flexibility index (Phi) is 4.20. The van der Waals surface area contributed by atoms with Crippen LogP contribution in [0.3, 0.4) is 0 Å². The van der Waals surface area contributed by atoms with Crippen molar-refractivity contribution in [3.63, 3.8) is 0 Å². The monoisotopic (exact) mass is 336 g/mol. The number of rotatable bonds is 3. The summed E-state index contributed by atoms with van der Waals surface area (Å²) < 4.78 is 0. The van der Waals surface area contributed by atoms with Gasteiger partial charge in [0.1, 0.15) is 0 Å². The lowest BCUT2D eigenvalue weighted by molar-refractivity contribution is 1.15. The molecule has 1 aromatic heterocycles. The van der Waals surface area contributed by atoms with Gasteiger partial charge >= 0.3 is 0 Å². The molecule has 0 amide bonds. The Balaban J connectivity index is 1.92. The van der Waals surface area contributed by atoms with Crippen LogP contribution in [0.2, 0.25) is 15.1 Å². The normalized spacial score (nSPS) is 10.8. The van der Waals surface area contributed by atoms with E-state index < -0.39 is 0 Å². The van der Waals surface area contributed by atoms with E-state index in [0.717, 1.165) is 22.2 Å². The van der Waals surface area contributed by atoms with Crippen LogP contribution in [0, 0.1) is 0 Å². The number of nitrogens with one attached hydrogen (secondary N) is 1. The molecule has 2 nitrogen and oxygen atoms in total. The van der Waals surface area contributed by atoms with Crippen molar-refractivity contribution in [1.29, 1.82) is 0 Å². The van der Waals surface area contributed by atoms with Crippen molar-refractivity contribution in [3.05, 3.63) is 69.3 Å². The number of aromatic nitrogens is 1. The van der Waals surface area contributed by atoms with E-state index >= 15 is 0 Å². The molecular formula is C16H11Cl3N2. The summed E-state index contributed by atoms with van der Waals surface area (Å²) >= 11 is 18.3. The first kappa shape index (κ1) is 14.5. The molecule has 0 radical (unpaired) electrons. The predicted octanol–water partition coefficient (Wildman–Crippen LogP) is 5.81. The summed E-state index contributed by atoms with van der Waals surface area (Å²) in [6, 6.07) is 13.1. The third-order valence-electron chi connectivity index (χ3n) is 3.20. The fourth-order valence-electron chi connectivity index (χ4n) is 2.16. The molecule has 3 aromatic rings. The minimum atomic E-state index is 0.574. The van der Waals surface area contributed by atoms with Crippen LogP contribution < -0.4 is 5.32 Å². The molecular weight excluding hydrogens is 327 g/mol. The Morgan fingerprint density at radius 3 is 2.62 bits per heavy atom. The minimum Gasteiger partial charge on any atom is -0.380 e. The molecule has 0 aliphatic heterocycles. The fraction of sp³-hybridized carbons (Fsp3) is 0.0625. The van der Waals surface area contributed by atoms with E-state index in [1.54, 1.807) is 18.3 Å². The highest BCUT2D eigenvalue weighted by Gasteiger charge is 2.06. The number of hydrogen-bond acceptors (Lipinski definition) is 2. The lowest BCUT2D eigenvalue weighted by atomic mass is 10.1. The van der Waals surface area contributed by atoms with E-state index in [1.165, 1.54) is 0 Å². The van der Waals surface area contributed by atoms with Crippen molar-refractivity contribution in [2.24, 2.45) is 0 Å². The maximum atomic E-state index is 6.17. The molecule has 1 heterocycles. The van der Waals surface area contributed by atoms with Crippen LogP contribution in [0.25, 0.3) is 10.9 Å². The van der Waals surface area contributed by atoms with Gasteiger partial charge in [-0.25, -0.2) is 0 Å². The Labute approximate surface area is 137 Å². The van der Waals surface area contributed by atoms with Crippen LogP contribution >= 0.6 is 34.8 Å². The standard InChI is InChI=1S/C16H11Cl3N2/c17-11-3-4-13(18)10(8-11)9-21-15-6-5-14(19)16-12(15)2-1-7-20-16/h1-8,21H,9H2. The highest BCUT2D eigenvalue weighted by Crippen LogP contribution is 2.29. The van der Waals surface area contributed by atoms with Crippen LogP contribution in [0.15, 0.2) is 48.7 Å². The Morgan fingerprint density at radius 2 is 1.76 bits per heavy atom. The lowest BCUT2D eigenvalue weighted by Crippen LogP contribution is -2.01. The highest BCUT2D eigenvalue weighted by atomic mass is 35.5. The van der Waals surface area contributed by atoms with Gasteiger partial charge < -0.3 is 5.32 Å². The van der Waals surface area contributed by atoms with Gasteiger partial charge in [0.25, 0.3) is 0 Å². The summed E-state index contributed by atoms with van der Waals surface area (Å²) in [5.74, 6) is 0. The van der Waals surface area contributed by atoms with Gasteiger partial charge in [-0.3, -0.25) is 4.98 Å². The van der Waals surface area contributed by atoms with E-state index in [9.17, 15) is 0 Å². The van der Waals surface area contributed by atoms with Crippen LogP contribution in [0.5, 0.6) is 0 Å². The van der Waals surface area contributed by atoms with Crippen molar-refractivity contribution >= 4 is 51.4 Å². The smallest absolute Gasteiger partial charge is 0.0908 e. The van der Waals surface area contributed by atoms with Crippen molar-refractivity contribution in [2.45, 2.75) is 6.54 Å². The van der Waals surface area contributed by atoms with Crippen LogP contribution in [0.4, 0.5) is 5.69 Å². The van der Waals surface area contributed by atoms with Gasteiger partial charge in [0.15, 0.2) is 0 Å². The van der Waals surface area contributed by atoms with Gasteiger partial charge in [0, 0.05) is 33.9 Å². The second kappa shape index (κ2) is 6.10. The zero-order valence-electron chi connectivity index (χ0n) is 10.9. The maximum absolute atomic E-state index is 6.17. The molecule has 2 aromatic carbocycles. The van der Waals surface area contributed by atoms with E-state index in [2.05, 4.69) is 10.3 Å². The van der Waals surface area contributed by atoms with Gasteiger partial charge in [-0.1, -0.05) is 34.8 Å². The molecule has 0 aliphatic carbocycles. The molecule has 0 saturated heterocycles. The first-order valence-electron chi connectivity index (χ1n) is 6.36. The third kappa shape index (κ3) is 3.08. The predicted molar refractivity (Wildman–Crippen MR) is 90.5 cm³/mol. The molecule has 0 unspecified atom stereocenters. The van der Waals surface area contributed by atoms with Gasteiger partial charge in [-0.05, 0) is 48.0 Å². The summed E-state index contributed by atoms with van der Waals surface area (Å²) in [6.45, 7) is 0.574. The van der Waals surface area contributed by atoms with Gasteiger partial charge in [-0.2, -0.15) is 0 Å². The minimum absolute atomic E-state index is 0.574. The Hall–Kier alpha value is -1.48. The molecule has 1 N–H and O–H groups in total. The largest absolute Gasteiger partial charge is 0.380 e. The summed E-state index contributed by atoms with van der Waals surface area (Å²) in [7, 11) is 0. The van der Waals surface area contributed by atoms with E-state index in [1.807, 2.05) is 30.3 Å². The second-order valence-corrected chi connectivity index (χ2v) is 5.83. The summed E-state index contributed by atoms with van der Waals surface area (Å²) in [5.41, 5.74) is 2.68. The number of hydrogen-bond donors (Lipinski definition) is 1. The van der Waals surface area contributed by atoms with E-state index in [4.69, 9.17) is 34.8 Å². The zero-order valence-corrected chi connectivity index (χ0v) is 13.2. The average Bonchev–Trinajstić information content (AvgIpc) is 2.50. The molecule has 0 bridgehead atoms. The summed E-state index contributed by atoms with van der Waals surface area (Å²) in [4.78, 5) is 4.31. The first-order valence-corrected chi connectivity index (χ1v) is 7.49. The van der Waals surface area contributed by atoms with Crippen LogP contribution in [-0.2, 0) is 6.54 Å². The van der Waals surface area contributed by atoms with E-state index in [0.29, 0.717) is 21.6 Å². The topological polar surface area (TPSA) is 24.9 Å². The van der Waals surface area contributed by atoms with Crippen molar-refractivity contribution < 1.29 is 0 Å². The molecule has 0 spiro atoms. The molecule has 21 heavy (non-hydrogen) atoms. The first-order chi connectivity index (χ1) is 10.1. The SMILES string of the molecule is Clc1ccc(Cl)c(CNc2ccc(Cl)c3ncccc23)c1. The third-order valence-corrected chi connectivity index (χ3v) is 4.11. The van der Waals surface area contributed by atoms with Crippen molar-refractivity contribution in [1.82, 2.24) is 4.98 Å². The number of fused-ring (bicyclic) bond motifs is 1. The van der Waals surface area contributed by atoms with Gasteiger partial charge in [-0.15, -0.1) is 0 Å². The number of pyridine rings is 1. The van der Waals surface area contributed by atoms with Gasteiger partial charge in [0.05, 0.1) is 10.5 Å². The lowest BCUT2D eigenvalue weighted by Gasteiger charge is -2.11. The number of nitrogens with zero attached hydrogens (tertiary/aromatic N) is 1. The number of halogens is 3. The Bertz CT molecular complexity index is 803. The average molecular weight is 338 g/mol. The number of anilines is 1. The van der Waals surface area contributed by atoms with Crippen molar-refractivity contribution in [3.8, 4) is 0 Å². The molecule has 0 fully saturated rings. The van der Waals surface area contributed by atoms with Gasteiger partial charge in [0.2, 0.25) is 0 Å². The summed E-state index contributed by atoms with van der Waals surface area (Å²) in [6.07, 6.45) is 1.73.